The fourth-order valence-corrected chi connectivity index (χ4v) is 2.02. The predicted molar refractivity (Wildman–Crippen MR) is 96.8 cm³/mol. The molecule has 0 fully saturated rings. The summed E-state index contributed by atoms with van der Waals surface area (Å²) >= 11 is 5.94. The van der Waals surface area contributed by atoms with Gasteiger partial charge in [-0.1, -0.05) is 29.8 Å². The van der Waals surface area contributed by atoms with Crippen molar-refractivity contribution in [3.05, 3.63) is 89.7 Å². The lowest BCUT2D eigenvalue weighted by molar-refractivity contribution is 1.21. The predicted octanol–water partition coefficient (Wildman–Crippen LogP) is 5.29. The van der Waals surface area contributed by atoms with E-state index in [-0.39, 0.29) is 0 Å². The van der Waals surface area contributed by atoms with Crippen molar-refractivity contribution in [3.8, 4) is 0 Å². The molecule has 5 nitrogen and oxygen atoms in total. The summed E-state index contributed by atoms with van der Waals surface area (Å²) in [6.07, 6.45) is 3.38. The highest BCUT2D eigenvalue weighted by atomic mass is 35.5. The summed E-state index contributed by atoms with van der Waals surface area (Å²) in [4.78, 5) is 4.04. The van der Waals surface area contributed by atoms with Crippen LogP contribution in [0.15, 0.2) is 94.5 Å². The number of azo groups is 1. The number of rotatable bonds is 4. The van der Waals surface area contributed by atoms with Gasteiger partial charge in [-0.05, 0) is 48.5 Å². The van der Waals surface area contributed by atoms with Crippen molar-refractivity contribution >= 4 is 28.8 Å². The zero-order valence-corrected chi connectivity index (χ0v) is 13.4. The van der Waals surface area contributed by atoms with Crippen molar-refractivity contribution in [2.75, 3.05) is 5.43 Å². The first-order chi connectivity index (χ1) is 11.8. The quantitative estimate of drug-likeness (QED) is 0.304. The SMILES string of the molecule is Clc1ccc(/C(N=Nc2ccccc2)=N\Nc2cccnc2)cc1. The van der Waals surface area contributed by atoms with E-state index in [1.807, 2.05) is 54.6 Å². The van der Waals surface area contributed by atoms with Gasteiger partial charge in [0.2, 0.25) is 5.84 Å². The maximum atomic E-state index is 5.94. The largest absolute Gasteiger partial charge is 0.275 e. The Morgan fingerprint density at radius 1 is 0.917 bits per heavy atom. The highest BCUT2D eigenvalue weighted by Gasteiger charge is 2.03. The normalized spacial score (nSPS) is 11.6. The molecule has 1 aromatic heterocycles. The second-order valence-corrected chi connectivity index (χ2v) is 5.27. The Bertz CT molecular complexity index is 830. The Morgan fingerprint density at radius 2 is 1.71 bits per heavy atom. The highest BCUT2D eigenvalue weighted by molar-refractivity contribution is 6.30. The van der Waals surface area contributed by atoms with Crippen LogP contribution in [0.3, 0.4) is 0 Å². The molecule has 3 rings (SSSR count). The first kappa shape index (κ1) is 15.8. The molecule has 0 aliphatic rings. The van der Waals surface area contributed by atoms with Crippen LogP contribution in [-0.2, 0) is 0 Å². The molecule has 2 aromatic carbocycles. The van der Waals surface area contributed by atoms with Crippen LogP contribution >= 0.6 is 11.6 Å². The molecule has 0 radical (unpaired) electrons. The maximum Gasteiger partial charge on any atom is 0.201 e. The van der Waals surface area contributed by atoms with E-state index in [9.17, 15) is 0 Å². The lowest BCUT2D eigenvalue weighted by Crippen LogP contribution is -2.01. The van der Waals surface area contributed by atoms with Gasteiger partial charge in [0.05, 0.1) is 17.6 Å². The lowest BCUT2D eigenvalue weighted by Gasteiger charge is -2.03. The van der Waals surface area contributed by atoms with E-state index in [2.05, 4.69) is 25.7 Å². The van der Waals surface area contributed by atoms with Gasteiger partial charge in [0.15, 0.2) is 0 Å². The van der Waals surface area contributed by atoms with Gasteiger partial charge >= 0.3 is 0 Å². The number of hydrogen-bond donors (Lipinski definition) is 1. The molecule has 6 heteroatoms. The molecule has 0 saturated heterocycles. The van der Waals surface area contributed by atoms with Gasteiger partial charge in [0, 0.05) is 16.8 Å². The molecule has 0 saturated carbocycles. The molecule has 0 atom stereocenters. The Balaban J connectivity index is 1.88. The second kappa shape index (κ2) is 7.99. The number of benzene rings is 2. The second-order valence-electron chi connectivity index (χ2n) is 4.83. The van der Waals surface area contributed by atoms with Crippen molar-refractivity contribution in [1.29, 1.82) is 0 Å². The molecule has 0 spiro atoms. The van der Waals surface area contributed by atoms with Crippen LogP contribution in [0.4, 0.5) is 11.4 Å². The standard InChI is InChI=1S/C18H14ClN5/c19-15-10-8-14(9-11-15)18(23-21-16-5-2-1-3-6-16)24-22-17-7-4-12-20-13-17/h1-13,22H/b23-21?,24-18+. The molecule has 0 aliphatic carbocycles. The summed E-state index contributed by atoms with van der Waals surface area (Å²) in [5.41, 5.74) is 5.25. The molecular weight excluding hydrogens is 322 g/mol. The molecule has 118 valence electrons. The summed E-state index contributed by atoms with van der Waals surface area (Å²) in [5.74, 6) is 0.444. The molecule has 24 heavy (non-hydrogen) atoms. The van der Waals surface area contributed by atoms with Crippen molar-refractivity contribution in [3.63, 3.8) is 0 Å². The van der Waals surface area contributed by atoms with Gasteiger partial charge in [-0.25, -0.2) is 0 Å². The monoisotopic (exact) mass is 335 g/mol. The third-order valence-corrected chi connectivity index (χ3v) is 3.32. The Labute approximate surface area is 144 Å². The van der Waals surface area contributed by atoms with E-state index in [0.717, 1.165) is 16.9 Å². The van der Waals surface area contributed by atoms with E-state index in [1.165, 1.54) is 0 Å². The minimum absolute atomic E-state index is 0.444. The van der Waals surface area contributed by atoms with E-state index in [4.69, 9.17) is 11.6 Å². The van der Waals surface area contributed by atoms with Crippen LogP contribution < -0.4 is 5.43 Å². The Kier molecular flexibility index (Phi) is 5.27. The van der Waals surface area contributed by atoms with Crippen LogP contribution in [0.2, 0.25) is 5.02 Å². The highest BCUT2D eigenvalue weighted by Crippen LogP contribution is 2.15. The minimum Gasteiger partial charge on any atom is -0.275 e. The van der Waals surface area contributed by atoms with Crippen LogP contribution in [0.5, 0.6) is 0 Å². The fraction of sp³-hybridized carbons (Fsp3) is 0. The summed E-state index contributed by atoms with van der Waals surface area (Å²) in [6, 6.07) is 20.4. The smallest absolute Gasteiger partial charge is 0.201 e. The van der Waals surface area contributed by atoms with Crippen molar-refractivity contribution in [2.24, 2.45) is 15.3 Å². The molecule has 1 N–H and O–H groups in total. The summed E-state index contributed by atoms with van der Waals surface area (Å²) in [7, 11) is 0. The topological polar surface area (TPSA) is 62.0 Å². The molecular formula is C18H14ClN5. The molecule has 0 amide bonds. The van der Waals surface area contributed by atoms with E-state index < -0.39 is 0 Å². The average molecular weight is 336 g/mol. The maximum absolute atomic E-state index is 5.94. The van der Waals surface area contributed by atoms with Crippen molar-refractivity contribution < 1.29 is 0 Å². The first-order valence-electron chi connectivity index (χ1n) is 7.28. The number of hydrogen-bond acceptors (Lipinski definition) is 4. The van der Waals surface area contributed by atoms with Crippen LogP contribution in [-0.4, -0.2) is 10.8 Å². The van der Waals surface area contributed by atoms with Gasteiger partial charge < -0.3 is 0 Å². The number of anilines is 1. The average Bonchev–Trinajstić information content (AvgIpc) is 2.64. The summed E-state index contributed by atoms with van der Waals surface area (Å²) < 4.78 is 0. The van der Waals surface area contributed by atoms with Crippen LogP contribution in [0, 0.1) is 0 Å². The number of nitrogens with zero attached hydrogens (tertiary/aromatic N) is 4. The minimum atomic E-state index is 0.444. The summed E-state index contributed by atoms with van der Waals surface area (Å²) in [6.45, 7) is 0. The third-order valence-electron chi connectivity index (χ3n) is 3.07. The number of pyridine rings is 1. The number of halogens is 1. The number of amidine groups is 1. The van der Waals surface area contributed by atoms with Gasteiger partial charge in [0.25, 0.3) is 0 Å². The van der Waals surface area contributed by atoms with Crippen molar-refractivity contribution in [2.45, 2.75) is 0 Å². The molecule has 3 aromatic rings. The Hall–Kier alpha value is -3.05. The zero-order chi connectivity index (χ0) is 16.6. The molecule has 0 aliphatic heterocycles. The molecule has 0 unspecified atom stereocenters. The third kappa shape index (κ3) is 4.47. The van der Waals surface area contributed by atoms with Gasteiger partial charge in [0.1, 0.15) is 0 Å². The summed E-state index contributed by atoms with van der Waals surface area (Å²) in [5, 5.41) is 13.5. The number of hydrazone groups is 1. The lowest BCUT2D eigenvalue weighted by atomic mass is 10.2. The molecule has 0 bridgehead atoms. The Morgan fingerprint density at radius 3 is 2.42 bits per heavy atom. The van der Waals surface area contributed by atoms with E-state index >= 15 is 0 Å². The van der Waals surface area contributed by atoms with E-state index in [0.29, 0.717) is 10.9 Å². The molecule has 1 heterocycles. The number of nitrogens with one attached hydrogen (secondary N) is 1. The van der Waals surface area contributed by atoms with Gasteiger partial charge in [-0.2, -0.15) is 5.10 Å². The fourth-order valence-electron chi connectivity index (χ4n) is 1.89. The first-order valence-corrected chi connectivity index (χ1v) is 7.65. The zero-order valence-electron chi connectivity index (χ0n) is 12.7. The number of aromatic nitrogens is 1. The van der Waals surface area contributed by atoms with Crippen LogP contribution in [0.1, 0.15) is 5.56 Å². The van der Waals surface area contributed by atoms with Gasteiger partial charge in [-0.3, -0.25) is 10.4 Å². The van der Waals surface area contributed by atoms with E-state index in [1.54, 1.807) is 24.5 Å². The van der Waals surface area contributed by atoms with Gasteiger partial charge in [-0.15, -0.1) is 10.2 Å². The van der Waals surface area contributed by atoms with Crippen molar-refractivity contribution in [1.82, 2.24) is 4.98 Å². The van der Waals surface area contributed by atoms with Crippen LogP contribution in [0.25, 0.3) is 0 Å².